The van der Waals surface area contributed by atoms with Gasteiger partial charge in [-0.2, -0.15) is 4.98 Å². The van der Waals surface area contributed by atoms with Crippen LogP contribution in [0.5, 0.6) is 0 Å². The van der Waals surface area contributed by atoms with Crippen molar-refractivity contribution in [3.63, 3.8) is 0 Å². The number of rotatable bonds is 6. The first-order valence-corrected chi connectivity index (χ1v) is 6.71. The highest BCUT2D eigenvalue weighted by molar-refractivity contribution is 6.31. The molecule has 0 spiro atoms. The maximum atomic E-state index is 6.11. The first kappa shape index (κ1) is 13.6. The zero-order valence-corrected chi connectivity index (χ0v) is 11.6. The average molecular weight is 277 g/mol. The molecule has 0 saturated carbocycles. The minimum Gasteiger partial charge on any atom is -0.366 e. The van der Waals surface area contributed by atoms with Crippen molar-refractivity contribution in [1.29, 1.82) is 0 Å². The zero-order chi connectivity index (χ0) is 13.5. The summed E-state index contributed by atoms with van der Waals surface area (Å²) in [7, 11) is 0. The van der Waals surface area contributed by atoms with E-state index in [-0.39, 0.29) is 0 Å². The van der Waals surface area contributed by atoms with Crippen LogP contribution in [-0.4, -0.2) is 16.5 Å². The van der Waals surface area contributed by atoms with Crippen LogP contribution in [0.4, 0.5) is 11.8 Å². The van der Waals surface area contributed by atoms with Gasteiger partial charge in [0.05, 0.1) is 0 Å². The summed E-state index contributed by atoms with van der Waals surface area (Å²) in [6, 6.07) is 9.61. The van der Waals surface area contributed by atoms with Gasteiger partial charge in [0.2, 0.25) is 5.95 Å². The van der Waals surface area contributed by atoms with Crippen LogP contribution in [-0.2, 0) is 6.54 Å². The van der Waals surface area contributed by atoms with E-state index in [0.29, 0.717) is 12.5 Å². The molecule has 2 N–H and O–H groups in total. The number of hydrogen-bond donors (Lipinski definition) is 2. The molecular formula is C14H17ClN4. The first-order valence-electron chi connectivity index (χ1n) is 6.34. The van der Waals surface area contributed by atoms with Crippen molar-refractivity contribution in [1.82, 2.24) is 9.97 Å². The van der Waals surface area contributed by atoms with Crippen LogP contribution in [0, 0.1) is 0 Å². The number of anilines is 2. The number of aromatic nitrogens is 2. The summed E-state index contributed by atoms with van der Waals surface area (Å²) in [5.74, 6) is 1.43. The quantitative estimate of drug-likeness (QED) is 0.847. The third kappa shape index (κ3) is 4.10. The lowest BCUT2D eigenvalue weighted by molar-refractivity contribution is 0.950. The van der Waals surface area contributed by atoms with E-state index in [4.69, 9.17) is 11.6 Å². The summed E-state index contributed by atoms with van der Waals surface area (Å²) in [4.78, 5) is 8.54. The molecule has 0 radical (unpaired) electrons. The molecule has 0 bridgehead atoms. The van der Waals surface area contributed by atoms with E-state index in [9.17, 15) is 0 Å². The van der Waals surface area contributed by atoms with E-state index < -0.39 is 0 Å². The Labute approximate surface area is 118 Å². The van der Waals surface area contributed by atoms with Crippen LogP contribution in [0.1, 0.15) is 18.9 Å². The number of hydrogen-bond acceptors (Lipinski definition) is 4. The monoisotopic (exact) mass is 276 g/mol. The maximum absolute atomic E-state index is 6.11. The van der Waals surface area contributed by atoms with Gasteiger partial charge >= 0.3 is 0 Å². The minimum atomic E-state index is 0.643. The SMILES string of the molecule is CCCNc1nccc(NCc2ccccc2Cl)n1. The molecule has 0 saturated heterocycles. The van der Waals surface area contributed by atoms with E-state index >= 15 is 0 Å². The standard InChI is InChI=1S/C14H17ClN4/c1-2-8-16-14-17-9-7-13(19-14)18-10-11-5-3-4-6-12(11)15/h3-7,9H,2,8,10H2,1H3,(H2,16,17,18,19). The van der Waals surface area contributed by atoms with Gasteiger partial charge in [0.1, 0.15) is 5.82 Å². The third-order valence-corrected chi connectivity index (χ3v) is 2.98. The molecule has 0 amide bonds. The lowest BCUT2D eigenvalue weighted by atomic mass is 10.2. The van der Waals surface area contributed by atoms with Gasteiger partial charge in [-0.25, -0.2) is 4.98 Å². The smallest absolute Gasteiger partial charge is 0.224 e. The highest BCUT2D eigenvalue weighted by atomic mass is 35.5. The summed E-state index contributed by atoms with van der Waals surface area (Å²) in [5.41, 5.74) is 1.05. The van der Waals surface area contributed by atoms with Crippen LogP contribution in [0.2, 0.25) is 5.02 Å². The first-order chi connectivity index (χ1) is 9.29. The summed E-state index contributed by atoms with van der Waals surface area (Å²) in [6.45, 7) is 3.62. The van der Waals surface area contributed by atoms with Crippen molar-refractivity contribution in [3.05, 3.63) is 47.1 Å². The van der Waals surface area contributed by atoms with Crippen LogP contribution in [0.25, 0.3) is 0 Å². The highest BCUT2D eigenvalue weighted by Crippen LogP contribution is 2.16. The predicted octanol–water partition coefficient (Wildman–Crippen LogP) is 3.56. The zero-order valence-electron chi connectivity index (χ0n) is 10.9. The fourth-order valence-electron chi connectivity index (χ4n) is 1.61. The van der Waals surface area contributed by atoms with Crippen LogP contribution < -0.4 is 10.6 Å². The molecule has 2 aromatic rings. The second-order valence-corrected chi connectivity index (χ2v) is 4.54. The molecular weight excluding hydrogens is 260 g/mol. The van der Waals surface area contributed by atoms with Crippen LogP contribution >= 0.6 is 11.6 Å². The molecule has 4 nitrogen and oxygen atoms in total. The van der Waals surface area contributed by atoms with E-state index in [0.717, 1.165) is 29.4 Å². The van der Waals surface area contributed by atoms with Gasteiger partial charge in [-0.3, -0.25) is 0 Å². The van der Waals surface area contributed by atoms with Crippen molar-refractivity contribution in [3.8, 4) is 0 Å². The van der Waals surface area contributed by atoms with Gasteiger partial charge < -0.3 is 10.6 Å². The molecule has 0 fully saturated rings. The number of nitrogens with one attached hydrogen (secondary N) is 2. The minimum absolute atomic E-state index is 0.643. The van der Waals surface area contributed by atoms with E-state index in [1.165, 1.54) is 0 Å². The Kier molecular flexibility index (Phi) is 4.98. The number of halogens is 1. The molecule has 2 rings (SSSR count). The van der Waals surface area contributed by atoms with Crippen molar-refractivity contribution >= 4 is 23.4 Å². The van der Waals surface area contributed by atoms with Crippen LogP contribution in [0.3, 0.4) is 0 Å². The van der Waals surface area contributed by atoms with E-state index in [1.807, 2.05) is 30.3 Å². The Balaban J connectivity index is 1.98. The Morgan fingerprint density at radius 1 is 1.16 bits per heavy atom. The molecule has 100 valence electrons. The second kappa shape index (κ2) is 6.95. The Morgan fingerprint density at radius 3 is 2.79 bits per heavy atom. The normalized spacial score (nSPS) is 10.2. The van der Waals surface area contributed by atoms with Crippen molar-refractivity contribution in [2.75, 3.05) is 17.2 Å². The summed E-state index contributed by atoms with van der Waals surface area (Å²) >= 11 is 6.11. The van der Waals surface area contributed by atoms with Crippen LogP contribution in [0.15, 0.2) is 36.5 Å². The van der Waals surface area contributed by atoms with E-state index in [1.54, 1.807) is 6.20 Å². The Morgan fingerprint density at radius 2 is 2.00 bits per heavy atom. The van der Waals surface area contributed by atoms with Crippen molar-refractivity contribution in [2.24, 2.45) is 0 Å². The second-order valence-electron chi connectivity index (χ2n) is 4.14. The average Bonchev–Trinajstić information content (AvgIpc) is 2.45. The van der Waals surface area contributed by atoms with Gasteiger partial charge in [0.25, 0.3) is 0 Å². The molecule has 0 unspecified atom stereocenters. The number of nitrogens with zero attached hydrogens (tertiary/aromatic N) is 2. The predicted molar refractivity (Wildman–Crippen MR) is 79.6 cm³/mol. The molecule has 0 aliphatic heterocycles. The lowest BCUT2D eigenvalue weighted by Gasteiger charge is -2.08. The molecule has 19 heavy (non-hydrogen) atoms. The van der Waals surface area contributed by atoms with Gasteiger partial charge in [-0.1, -0.05) is 36.7 Å². The largest absolute Gasteiger partial charge is 0.366 e. The van der Waals surface area contributed by atoms with E-state index in [2.05, 4.69) is 27.5 Å². The Hall–Kier alpha value is -1.81. The fraction of sp³-hybridized carbons (Fsp3) is 0.286. The fourth-order valence-corrected chi connectivity index (χ4v) is 1.81. The number of benzene rings is 1. The molecule has 1 heterocycles. The summed E-state index contributed by atoms with van der Waals surface area (Å²) < 4.78 is 0. The highest BCUT2D eigenvalue weighted by Gasteiger charge is 2.01. The van der Waals surface area contributed by atoms with Gasteiger partial charge in [-0.05, 0) is 24.1 Å². The Bertz CT molecular complexity index is 530. The molecule has 1 aromatic heterocycles. The molecule has 0 atom stereocenters. The molecule has 1 aromatic carbocycles. The van der Waals surface area contributed by atoms with Gasteiger partial charge in [0.15, 0.2) is 0 Å². The van der Waals surface area contributed by atoms with Crippen molar-refractivity contribution in [2.45, 2.75) is 19.9 Å². The molecule has 0 aliphatic carbocycles. The summed E-state index contributed by atoms with van der Waals surface area (Å²) in [5, 5.41) is 7.16. The van der Waals surface area contributed by atoms with Gasteiger partial charge in [0, 0.05) is 24.3 Å². The maximum Gasteiger partial charge on any atom is 0.224 e. The molecule has 5 heteroatoms. The topological polar surface area (TPSA) is 49.8 Å². The third-order valence-electron chi connectivity index (χ3n) is 2.61. The summed E-state index contributed by atoms with van der Waals surface area (Å²) in [6.07, 6.45) is 2.78. The van der Waals surface area contributed by atoms with Crippen molar-refractivity contribution < 1.29 is 0 Å². The lowest BCUT2D eigenvalue weighted by Crippen LogP contribution is -2.07. The van der Waals surface area contributed by atoms with Gasteiger partial charge in [-0.15, -0.1) is 0 Å². The molecule has 0 aliphatic rings.